The third-order valence-electron chi connectivity index (χ3n) is 7.52. The molecule has 0 saturated carbocycles. The highest BCUT2D eigenvalue weighted by molar-refractivity contribution is 6.48. The van der Waals surface area contributed by atoms with Crippen molar-refractivity contribution in [2.75, 3.05) is 20.2 Å². The number of ether oxygens (including phenoxy) is 1. The Hall–Kier alpha value is -2.14. The summed E-state index contributed by atoms with van der Waals surface area (Å²) in [6, 6.07) is -1.36. The van der Waals surface area contributed by atoms with Crippen molar-refractivity contribution in [3.8, 4) is 0 Å². The van der Waals surface area contributed by atoms with Crippen molar-refractivity contribution in [3.63, 3.8) is 0 Å². The van der Waals surface area contributed by atoms with Gasteiger partial charge in [-0.3, -0.25) is 19.2 Å². The SMILES string of the molecule is COC(=O)CCC(=O)N[C@@H](C)C(=O)N1CCC[C@H]1C(=O)N1CCC[C@H]1B1OC(C)(C)C(C)(C)O1. The van der Waals surface area contributed by atoms with Gasteiger partial charge in [0.15, 0.2) is 0 Å². The zero-order chi connectivity index (χ0) is 25.3. The first kappa shape index (κ1) is 26.5. The molecule has 3 fully saturated rings. The first-order chi connectivity index (χ1) is 15.9. The molecular weight excluding hydrogens is 441 g/mol. The molecule has 11 heteroatoms. The van der Waals surface area contributed by atoms with Crippen LogP contribution in [-0.2, 0) is 33.2 Å². The summed E-state index contributed by atoms with van der Waals surface area (Å²) in [5.74, 6) is -1.47. The fraction of sp³-hybridized carbons (Fsp3) is 0.826. The maximum atomic E-state index is 13.6. The molecule has 0 aliphatic carbocycles. The summed E-state index contributed by atoms with van der Waals surface area (Å²) in [4.78, 5) is 53.5. The number of carbonyl (C=O) groups excluding carboxylic acids is 4. The lowest BCUT2D eigenvalue weighted by atomic mass is 9.76. The van der Waals surface area contributed by atoms with Crippen molar-refractivity contribution >= 4 is 30.8 Å². The number of rotatable bonds is 7. The van der Waals surface area contributed by atoms with Gasteiger partial charge in [-0.1, -0.05) is 0 Å². The molecule has 190 valence electrons. The molecule has 0 aromatic carbocycles. The van der Waals surface area contributed by atoms with E-state index in [1.54, 1.807) is 11.8 Å². The summed E-state index contributed by atoms with van der Waals surface area (Å²) < 4.78 is 17.0. The second-order valence-electron chi connectivity index (χ2n) is 10.4. The number of likely N-dealkylation sites (tertiary alicyclic amines) is 2. The summed E-state index contributed by atoms with van der Waals surface area (Å²) in [6.45, 7) is 10.6. The van der Waals surface area contributed by atoms with E-state index in [1.807, 2.05) is 32.6 Å². The Morgan fingerprint density at radius 2 is 1.59 bits per heavy atom. The summed E-state index contributed by atoms with van der Waals surface area (Å²) in [6.07, 6.45) is 2.84. The lowest BCUT2D eigenvalue weighted by molar-refractivity contribution is -0.145. The second-order valence-corrected chi connectivity index (χ2v) is 10.4. The van der Waals surface area contributed by atoms with Gasteiger partial charge in [-0.05, 0) is 60.3 Å². The van der Waals surface area contributed by atoms with Crippen LogP contribution in [0.5, 0.6) is 0 Å². The molecule has 0 spiro atoms. The molecule has 3 rings (SSSR count). The number of hydrogen-bond donors (Lipinski definition) is 1. The van der Waals surface area contributed by atoms with Crippen LogP contribution in [0.4, 0.5) is 0 Å². The van der Waals surface area contributed by atoms with Crippen LogP contribution in [0.1, 0.15) is 73.1 Å². The second kappa shape index (κ2) is 10.2. The van der Waals surface area contributed by atoms with Gasteiger partial charge in [0.2, 0.25) is 17.7 Å². The van der Waals surface area contributed by atoms with Gasteiger partial charge in [-0.2, -0.15) is 0 Å². The number of carbonyl (C=O) groups is 4. The average Bonchev–Trinajstić information content (AvgIpc) is 3.49. The molecule has 0 aromatic rings. The highest BCUT2D eigenvalue weighted by atomic mass is 16.7. The van der Waals surface area contributed by atoms with Gasteiger partial charge in [0.05, 0.1) is 30.7 Å². The van der Waals surface area contributed by atoms with E-state index >= 15 is 0 Å². The summed E-state index contributed by atoms with van der Waals surface area (Å²) in [7, 11) is 0.754. The van der Waals surface area contributed by atoms with Crippen LogP contribution in [0.2, 0.25) is 0 Å². The Balaban J connectivity index is 1.62. The van der Waals surface area contributed by atoms with E-state index in [1.165, 1.54) is 7.11 Å². The van der Waals surface area contributed by atoms with Crippen LogP contribution in [0, 0.1) is 0 Å². The van der Waals surface area contributed by atoms with Crippen LogP contribution < -0.4 is 5.32 Å². The number of nitrogens with one attached hydrogen (secondary N) is 1. The first-order valence-corrected chi connectivity index (χ1v) is 12.2. The minimum Gasteiger partial charge on any atom is -0.469 e. The third-order valence-corrected chi connectivity index (χ3v) is 7.52. The quantitative estimate of drug-likeness (QED) is 0.429. The minimum atomic E-state index is -0.795. The molecule has 3 aliphatic heterocycles. The molecule has 3 saturated heterocycles. The van der Waals surface area contributed by atoms with Gasteiger partial charge >= 0.3 is 13.1 Å². The van der Waals surface area contributed by atoms with Gasteiger partial charge < -0.3 is 29.2 Å². The summed E-state index contributed by atoms with van der Waals surface area (Å²) in [5.41, 5.74) is -0.961. The van der Waals surface area contributed by atoms with Crippen LogP contribution in [0.3, 0.4) is 0 Å². The molecule has 1 N–H and O–H groups in total. The van der Waals surface area contributed by atoms with E-state index in [2.05, 4.69) is 10.1 Å². The van der Waals surface area contributed by atoms with E-state index in [0.717, 1.165) is 19.3 Å². The van der Waals surface area contributed by atoms with Crippen molar-refractivity contribution in [2.45, 2.75) is 102 Å². The highest BCUT2D eigenvalue weighted by Gasteiger charge is 2.56. The highest BCUT2D eigenvalue weighted by Crippen LogP contribution is 2.40. The molecular formula is C23H38BN3O7. The molecule has 3 amide bonds. The Kier molecular flexibility index (Phi) is 7.97. The number of amides is 3. The van der Waals surface area contributed by atoms with Crippen LogP contribution in [-0.4, -0.2) is 90.0 Å². The van der Waals surface area contributed by atoms with Crippen molar-refractivity contribution in [3.05, 3.63) is 0 Å². The van der Waals surface area contributed by atoms with Gasteiger partial charge in [0, 0.05) is 19.5 Å². The zero-order valence-electron chi connectivity index (χ0n) is 21.2. The molecule has 3 atom stereocenters. The van der Waals surface area contributed by atoms with Gasteiger partial charge in [0.1, 0.15) is 12.1 Å². The lowest BCUT2D eigenvalue weighted by Gasteiger charge is -2.33. The Labute approximate surface area is 202 Å². The molecule has 0 unspecified atom stereocenters. The van der Waals surface area contributed by atoms with Crippen LogP contribution in [0.15, 0.2) is 0 Å². The Morgan fingerprint density at radius 1 is 1.00 bits per heavy atom. The zero-order valence-corrected chi connectivity index (χ0v) is 21.2. The molecule has 0 aromatic heterocycles. The smallest absolute Gasteiger partial charge is 0.469 e. The van der Waals surface area contributed by atoms with E-state index in [9.17, 15) is 19.2 Å². The number of methoxy groups -OCH3 is 1. The van der Waals surface area contributed by atoms with Crippen LogP contribution in [0.25, 0.3) is 0 Å². The van der Waals surface area contributed by atoms with E-state index in [-0.39, 0.29) is 30.6 Å². The number of esters is 1. The molecule has 34 heavy (non-hydrogen) atoms. The standard InChI is InChI=1S/C23H38BN3O7/c1-15(25-18(28)11-12-19(29)32-6)20(30)26-13-7-9-16(26)21(31)27-14-8-10-17(27)24-33-22(2,3)23(4,5)34-24/h15-17H,7-14H2,1-6H3,(H,25,28)/t15-,16-,17-/m0/s1. The molecule has 3 heterocycles. The first-order valence-electron chi connectivity index (χ1n) is 12.2. The summed E-state index contributed by atoms with van der Waals surface area (Å²) >= 11 is 0. The lowest BCUT2D eigenvalue weighted by Crippen LogP contribution is -2.56. The molecule has 0 radical (unpaired) electrons. The van der Waals surface area contributed by atoms with E-state index < -0.39 is 42.3 Å². The molecule has 3 aliphatic rings. The predicted octanol–water partition coefficient (Wildman–Crippen LogP) is 1.06. The summed E-state index contributed by atoms with van der Waals surface area (Å²) in [5, 5.41) is 2.63. The fourth-order valence-corrected chi connectivity index (χ4v) is 4.82. The van der Waals surface area contributed by atoms with Crippen molar-refractivity contribution in [2.24, 2.45) is 0 Å². The Bertz CT molecular complexity index is 802. The molecule has 10 nitrogen and oxygen atoms in total. The largest absolute Gasteiger partial charge is 0.482 e. The maximum absolute atomic E-state index is 13.6. The third kappa shape index (κ3) is 5.40. The monoisotopic (exact) mass is 479 g/mol. The van der Waals surface area contributed by atoms with Gasteiger partial charge in [-0.25, -0.2) is 0 Å². The van der Waals surface area contributed by atoms with Gasteiger partial charge in [0.25, 0.3) is 0 Å². The fourth-order valence-electron chi connectivity index (χ4n) is 4.82. The average molecular weight is 479 g/mol. The Morgan fingerprint density at radius 3 is 2.21 bits per heavy atom. The van der Waals surface area contributed by atoms with E-state index in [0.29, 0.717) is 19.5 Å². The topological polar surface area (TPSA) is 114 Å². The van der Waals surface area contributed by atoms with Crippen molar-refractivity contribution in [1.29, 1.82) is 0 Å². The minimum absolute atomic E-state index is 0.0522. The van der Waals surface area contributed by atoms with E-state index in [4.69, 9.17) is 9.31 Å². The maximum Gasteiger partial charge on any atom is 0.482 e. The van der Waals surface area contributed by atoms with Gasteiger partial charge in [-0.15, -0.1) is 0 Å². The van der Waals surface area contributed by atoms with Crippen molar-refractivity contribution in [1.82, 2.24) is 15.1 Å². The predicted molar refractivity (Wildman–Crippen MR) is 124 cm³/mol. The van der Waals surface area contributed by atoms with Crippen LogP contribution >= 0.6 is 0 Å². The molecule has 0 bridgehead atoms. The normalized spacial score (nSPS) is 26.5. The number of nitrogens with zero attached hydrogens (tertiary/aromatic N) is 2. The number of hydrogen-bond acceptors (Lipinski definition) is 7. The van der Waals surface area contributed by atoms with Crippen molar-refractivity contribution < 1.29 is 33.2 Å².